The molecule has 1 aromatic heterocycles. The first-order valence-corrected chi connectivity index (χ1v) is 5.82. The number of nitrogens with one attached hydrogen (secondary N) is 1. The number of primary amides is 1. The molecule has 1 atom stereocenters. The Morgan fingerprint density at radius 3 is 2.56 bits per heavy atom. The number of nitrogens with zero attached hydrogens (tertiary/aromatic N) is 2. The van der Waals surface area contributed by atoms with Crippen LogP contribution in [0.2, 0.25) is 0 Å². The predicted octanol–water partition coefficient (Wildman–Crippen LogP) is -1.85. The van der Waals surface area contributed by atoms with Gasteiger partial charge in [0.05, 0.1) is 12.4 Å². The van der Waals surface area contributed by atoms with Crippen LogP contribution in [0, 0.1) is 0 Å². The highest BCUT2D eigenvalue weighted by atomic mass is 32.2. The Bertz CT molecular complexity index is 487. The molecule has 0 saturated heterocycles. The lowest BCUT2D eigenvalue weighted by atomic mass is 10.4. The zero-order valence-electron chi connectivity index (χ0n) is 8.84. The number of imidazole rings is 1. The summed E-state index contributed by atoms with van der Waals surface area (Å²) in [7, 11) is -2.42. The lowest BCUT2D eigenvalue weighted by molar-refractivity contribution is -0.119. The minimum atomic E-state index is -3.90. The van der Waals surface area contributed by atoms with Gasteiger partial charge >= 0.3 is 0 Å². The number of rotatable bonds is 4. The Hall–Kier alpha value is -1.61. The molecule has 1 rings (SSSR count). The van der Waals surface area contributed by atoms with Crippen LogP contribution < -0.4 is 16.2 Å². The van der Waals surface area contributed by atoms with Gasteiger partial charge in [-0.05, 0) is 6.92 Å². The molecule has 1 amide bonds. The SMILES string of the molecule is CC(NS(=O)(=O)c1c(N)ncn1C)C(N)=O. The minimum absolute atomic E-state index is 0.133. The fourth-order valence-electron chi connectivity index (χ4n) is 1.11. The van der Waals surface area contributed by atoms with Crippen molar-refractivity contribution in [2.75, 3.05) is 5.73 Å². The van der Waals surface area contributed by atoms with Crippen LogP contribution in [0.15, 0.2) is 11.4 Å². The Morgan fingerprint density at radius 2 is 2.19 bits per heavy atom. The lowest BCUT2D eigenvalue weighted by Crippen LogP contribution is -2.42. The first kappa shape index (κ1) is 12.5. The van der Waals surface area contributed by atoms with Crippen LogP contribution in [0.1, 0.15) is 6.92 Å². The maximum Gasteiger partial charge on any atom is 0.260 e. The van der Waals surface area contributed by atoms with E-state index >= 15 is 0 Å². The molecule has 90 valence electrons. The lowest BCUT2D eigenvalue weighted by Gasteiger charge is -2.11. The number of hydrogen-bond donors (Lipinski definition) is 3. The van der Waals surface area contributed by atoms with Crippen molar-refractivity contribution < 1.29 is 13.2 Å². The molecule has 0 bridgehead atoms. The van der Waals surface area contributed by atoms with E-state index in [1.807, 2.05) is 0 Å². The molecule has 1 aromatic rings. The molecular weight excluding hydrogens is 234 g/mol. The van der Waals surface area contributed by atoms with Crippen molar-refractivity contribution in [2.45, 2.75) is 18.0 Å². The topological polar surface area (TPSA) is 133 Å². The molecule has 0 aliphatic rings. The second-order valence-electron chi connectivity index (χ2n) is 3.29. The second kappa shape index (κ2) is 4.10. The average Bonchev–Trinajstić information content (AvgIpc) is 2.45. The summed E-state index contributed by atoms with van der Waals surface area (Å²) in [4.78, 5) is 14.4. The number of hydrogen-bond acceptors (Lipinski definition) is 5. The van der Waals surface area contributed by atoms with Gasteiger partial charge in [-0.2, -0.15) is 4.72 Å². The van der Waals surface area contributed by atoms with Gasteiger partial charge in [-0.25, -0.2) is 13.4 Å². The molecule has 16 heavy (non-hydrogen) atoms. The number of nitrogen functional groups attached to an aromatic ring is 1. The van der Waals surface area contributed by atoms with E-state index in [1.165, 1.54) is 24.9 Å². The highest BCUT2D eigenvalue weighted by Crippen LogP contribution is 2.15. The highest BCUT2D eigenvalue weighted by molar-refractivity contribution is 7.89. The number of aryl methyl sites for hydroxylation is 1. The van der Waals surface area contributed by atoms with Crippen molar-refractivity contribution >= 4 is 21.7 Å². The van der Waals surface area contributed by atoms with E-state index in [0.29, 0.717) is 0 Å². The molecule has 0 aliphatic heterocycles. The minimum Gasteiger partial charge on any atom is -0.381 e. The van der Waals surface area contributed by atoms with Gasteiger partial charge in [0.15, 0.2) is 10.8 Å². The number of anilines is 1. The van der Waals surface area contributed by atoms with Crippen LogP contribution in [-0.2, 0) is 21.9 Å². The Morgan fingerprint density at radius 1 is 1.62 bits per heavy atom. The van der Waals surface area contributed by atoms with Crippen molar-refractivity contribution in [3.63, 3.8) is 0 Å². The Labute approximate surface area is 92.7 Å². The molecule has 5 N–H and O–H groups in total. The van der Waals surface area contributed by atoms with Gasteiger partial charge in [0.25, 0.3) is 10.0 Å². The summed E-state index contributed by atoms with van der Waals surface area (Å²) in [6, 6.07) is -1.01. The molecule has 8 nitrogen and oxygen atoms in total. The van der Waals surface area contributed by atoms with Gasteiger partial charge in [-0.3, -0.25) is 4.79 Å². The van der Waals surface area contributed by atoms with Crippen molar-refractivity contribution in [2.24, 2.45) is 12.8 Å². The molecule has 1 heterocycles. The molecule has 0 fully saturated rings. The molecule has 1 unspecified atom stereocenters. The van der Waals surface area contributed by atoms with Crippen molar-refractivity contribution in [1.29, 1.82) is 0 Å². The first-order valence-electron chi connectivity index (χ1n) is 4.34. The third-order valence-electron chi connectivity index (χ3n) is 1.92. The second-order valence-corrected chi connectivity index (χ2v) is 4.92. The normalized spacial score (nSPS) is 13.6. The molecule has 0 spiro atoms. The van der Waals surface area contributed by atoms with Crippen molar-refractivity contribution in [1.82, 2.24) is 14.3 Å². The monoisotopic (exact) mass is 247 g/mol. The largest absolute Gasteiger partial charge is 0.381 e. The number of sulfonamides is 1. The summed E-state index contributed by atoms with van der Waals surface area (Å²) in [6.45, 7) is 1.34. The summed E-state index contributed by atoms with van der Waals surface area (Å²) in [6.07, 6.45) is 1.26. The number of nitrogens with two attached hydrogens (primary N) is 2. The van der Waals surface area contributed by atoms with Crippen LogP contribution in [0.25, 0.3) is 0 Å². The maximum absolute atomic E-state index is 11.8. The fraction of sp³-hybridized carbons (Fsp3) is 0.429. The van der Waals surface area contributed by atoms with Gasteiger partial charge in [-0.1, -0.05) is 0 Å². The van der Waals surface area contributed by atoms with E-state index in [1.54, 1.807) is 0 Å². The summed E-state index contributed by atoms with van der Waals surface area (Å²) >= 11 is 0. The maximum atomic E-state index is 11.8. The van der Waals surface area contributed by atoms with Crippen LogP contribution >= 0.6 is 0 Å². The molecule has 0 saturated carbocycles. The summed E-state index contributed by atoms with van der Waals surface area (Å²) in [5.41, 5.74) is 10.4. The zero-order chi connectivity index (χ0) is 12.5. The van der Waals surface area contributed by atoms with E-state index in [0.717, 1.165) is 0 Å². The molecular formula is C7H13N5O3S. The van der Waals surface area contributed by atoms with E-state index < -0.39 is 22.0 Å². The molecule has 0 aliphatic carbocycles. The predicted molar refractivity (Wildman–Crippen MR) is 56.6 cm³/mol. The van der Waals surface area contributed by atoms with Gasteiger partial charge < -0.3 is 16.0 Å². The summed E-state index contributed by atoms with van der Waals surface area (Å²) in [5, 5.41) is -0.194. The van der Waals surface area contributed by atoms with Gasteiger partial charge in [0.1, 0.15) is 0 Å². The van der Waals surface area contributed by atoms with Crippen molar-refractivity contribution in [3.8, 4) is 0 Å². The number of carbonyl (C=O) groups is 1. The zero-order valence-corrected chi connectivity index (χ0v) is 9.65. The first-order chi connectivity index (χ1) is 7.25. The number of carbonyl (C=O) groups excluding carboxylic acids is 1. The summed E-state index contributed by atoms with van der Waals surface area (Å²) < 4.78 is 26.9. The van der Waals surface area contributed by atoms with Gasteiger partial charge in [0.2, 0.25) is 5.91 Å². The van der Waals surface area contributed by atoms with E-state index in [-0.39, 0.29) is 10.8 Å². The smallest absolute Gasteiger partial charge is 0.260 e. The third-order valence-corrected chi connectivity index (χ3v) is 3.59. The van der Waals surface area contributed by atoms with Gasteiger partial charge in [0, 0.05) is 7.05 Å². The van der Waals surface area contributed by atoms with Crippen molar-refractivity contribution in [3.05, 3.63) is 6.33 Å². The average molecular weight is 247 g/mol. The number of aromatic nitrogens is 2. The third kappa shape index (κ3) is 2.31. The standard InChI is InChI=1S/C7H13N5O3S/c1-4(6(9)13)11-16(14,15)7-5(8)10-3-12(7)2/h3-4,11H,8H2,1-2H3,(H2,9,13). The Balaban J connectivity index is 3.09. The van der Waals surface area contributed by atoms with Crippen LogP contribution in [0.5, 0.6) is 0 Å². The Kier molecular flexibility index (Phi) is 3.19. The quantitative estimate of drug-likeness (QED) is 0.574. The highest BCUT2D eigenvalue weighted by Gasteiger charge is 2.25. The van der Waals surface area contributed by atoms with Crippen LogP contribution in [0.4, 0.5) is 5.82 Å². The van der Waals surface area contributed by atoms with E-state index in [4.69, 9.17) is 11.5 Å². The molecule has 9 heteroatoms. The van der Waals surface area contributed by atoms with Crippen LogP contribution in [-0.4, -0.2) is 29.9 Å². The molecule has 0 aromatic carbocycles. The summed E-state index contributed by atoms with van der Waals surface area (Å²) in [5.74, 6) is -0.906. The van der Waals surface area contributed by atoms with E-state index in [9.17, 15) is 13.2 Å². The van der Waals surface area contributed by atoms with Gasteiger partial charge in [-0.15, -0.1) is 0 Å². The fourth-order valence-corrected chi connectivity index (χ4v) is 2.56. The number of amides is 1. The van der Waals surface area contributed by atoms with E-state index in [2.05, 4.69) is 9.71 Å². The van der Waals surface area contributed by atoms with Crippen LogP contribution in [0.3, 0.4) is 0 Å². The molecule has 0 radical (unpaired) electrons.